The maximum absolute atomic E-state index is 12.4. The van der Waals surface area contributed by atoms with Crippen molar-refractivity contribution < 1.29 is 9.53 Å². The van der Waals surface area contributed by atoms with E-state index in [0.717, 1.165) is 29.1 Å². The van der Waals surface area contributed by atoms with E-state index in [9.17, 15) is 4.79 Å². The van der Waals surface area contributed by atoms with Gasteiger partial charge in [-0.15, -0.1) is 11.8 Å². The number of thioether (sulfide) groups is 1. The maximum atomic E-state index is 12.4. The van der Waals surface area contributed by atoms with Crippen molar-refractivity contribution in [2.75, 3.05) is 12.9 Å². The number of hydrogen-bond acceptors (Lipinski definition) is 3. The van der Waals surface area contributed by atoms with Crippen LogP contribution in [0.5, 0.6) is 5.75 Å². The number of Topliss-reactive ketones (excluding diaryl/α,β-unsaturated/α-hetero) is 1. The SMILES string of the molecule is COc1ccccc1SCC(=O)c1ccc2c(c1)CCCC2. The van der Waals surface area contributed by atoms with E-state index < -0.39 is 0 Å². The lowest BCUT2D eigenvalue weighted by Crippen LogP contribution is -2.07. The summed E-state index contributed by atoms with van der Waals surface area (Å²) in [5, 5.41) is 0. The molecular weight excluding hydrogens is 292 g/mol. The van der Waals surface area contributed by atoms with Crippen LogP contribution < -0.4 is 4.74 Å². The van der Waals surface area contributed by atoms with Gasteiger partial charge in [0.05, 0.1) is 12.9 Å². The summed E-state index contributed by atoms with van der Waals surface area (Å²) in [5.41, 5.74) is 3.61. The van der Waals surface area contributed by atoms with E-state index in [1.807, 2.05) is 30.3 Å². The van der Waals surface area contributed by atoms with Gasteiger partial charge in [0, 0.05) is 10.5 Å². The van der Waals surface area contributed by atoms with Gasteiger partial charge in [-0.1, -0.05) is 24.3 Å². The van der Waals surface area contributed by atoms with Crippen molar-refractivity contribution in [2.45, 2.75) is 30.6 Å². The van der Waals surface area contributed by atoms with Crippen molar-refractivity contribution in [3.05, 3.63) is 59.2 Å². The van der Waals surface area contributed by atoms with Crippen LogP contribution in [0.2, 0.25) is 0 Å². The van der Waals surface area contributed by atoms with Crippen molar-refractivity contribution in [2.24, 2.45) is 0 Å². The molecule has 2 nitrogen and oxygen atoms in total. The Labute approximate surface area is 135 Å². The third-order valence-electron chi connectivity index (χ3n) is 4.10. The molecule has 2 aromatic carbocycles. The smallest absolute Gasteiger partial charge is 0.173 e. The molecule has 2 aromatic rings. The summed E-state index contributed by atoms with van der Waals surface area (Å²) in [7, 11) is 1.66. The van der Waals surface area contributed by atoms with Gasteiger partial charge >= 0.3 is 0 Å². The Morgan fingerprint density at radius 3 is 2.68 bits per heavy atom. The minimum Gasteiger partial charge on any atom is -0.496 e. The topological polar surface area (TPSA) is 26.3 Å². The number of carbonyl (C=O) groups is 1. The lowest BCUT2D eigenvalue weighted by atomic mass is 9.90. The molecule has 0 radical (unpaired) electrons. The summed E-state index contributed by atoms with van der Waals surface area (Å²) >= 11 is 1.54. The number of benzene rings is 2. The highest BCUT2D eigenvalue weighted by Crippen LogP contribution is 2.29. The van der Waals surface area contributed by atoms with Gasteiger partial charge in [-0.2, -0.15) is 0 Å². The molecule has 0 saturated carbocycles. The first kappa shape index (κ1) is 15.2. The number of rotatable bonds is 5. The highest BCUT2D eigenvalue weighted by molar-refractivity contribution is 8.00. The van der Waals surface area contributed by atoms with Crippen LogP contribution in [0.25, 0.3) is 0 Å². The number of hydrogen-bond donors (Lipinski definition) is 0. The van der Waals surface area contributed by atoms with E-state index in [0.29, 0.717) is 5.75 Å². The molecule has 1 aliphatic carbocycles. The molecule has 0 bridgehead atoms. The van der Waals surface area contributed by atoms with Crippen molar-refractivity contribution in [3.8, 4) is 5.75 Å². The number of fused-ring (bicyclic) bond motifs is 1. The minimum absolute atomic E-state index is 0.185. The van der Waals surface area contributed by atoms with Crippen LogP contribution in [-0.2, 0) is 12.8 Å². The van der Waals surface area contributed by atoms with Gasteiger partial charge in [0.1, 0.15) is 5.75 Å². The summed E-state index contributed by atoms with van der Waals surface area (Å²) < 4.78 is 5.33. The number of methoxy groups -OCH3 is 1. The molecule has 0 aliphatic heterocycles. The van der Waals surface area contributed by atoms with Crippen LogP contribution in [-0.4, -0.2) is 18.6 Å². The molecule has 3 heteroatoms. The first-order valence-corrected chi connectivity index (χ1v) is 8.67. The van der Waals surface area contributed by atoms with Crippen LogP contribution in [0.4, 0.5) is 0 Å². The Bertz CT molecular complexity index is 679. The number of carbonyl (C=O) groups excluding carboxylic acids is 1. The zero-order chi connectivity index (χ0) is 15.4. The van der Waals surface area contributed by atoms with E-state index in [1.54, 1.807) is 7.11 Å². The number of para-hydroxylation sites is 1. The Morgan fingerprint density at radius 1 is 1.09 bits per heavy atom. The van der Waals surface area contributed by atoms with Crippen LogP contribution >= 0.6 is 11.8 Å². The number of ketones is 1. The molecule has 22 heavy (non-hydrogen) atoms. The molecule has 0 heterocycles. The molecule has 0 saturated heterocycles. The standard InChI is InChI=1S/C19H20O2S/c1-21-18-8-4-5-9-19(18)22-13-17(20)16-11-10-14-6-2-3-7-15(14)12-16/h4-5,8-12H,2-3,6-7,13H2,1H3. The first-order valence-electron chi connectivity index (χ1n) is 7.69. The second-order valence-corrected chi connectivity index (χ2v) is 6.57. The van der Waals surface area contributed by atoms with Gasteiger partial charge < -0.3 is 4.74 Å². The zero-order valence-electron chi connectivity index (χ0n) is 12.8. The Balaban J connectivity index is 1.69. The van der Waals surface area contributed by atoms with Gasteiger partial charge in [0.25, 0.3) is 0 Å². The van der Waals surface area contributed by atoms with E-state index in [1.165, 1.54) is 35.7 Å². The van der Waals surface area contributed by atoms with E-state index >= 15 is 0 Å². The average molecular weight is 312 g/mol. The fraction of sp³-hybridized carbons (Fsp3) is 0.316. The van der Waals surface area contributed by atoms with Crippen molar-refractivity contribution >= 4 is 17.5 Å². The monoisotopic (exact) mass is 312 g/mol. The Hall–Kier alpha value is -1.74. The van der Waals surface area contributed by atoms with E-state index in [2.05, 4.69) is 12.1 Å². The van der Waals surface area contributed by atoms with Gasteiger partial charge in [-0.25, -0.2) is 0 Å². The Kier molecular flexibility index (Phi) is 4.84. The molecule has 0 spiro atoms. The molecule has 0 atom stereocenters. The molecule has 3 rings (SSSR count). The predicted molar refractivity (Wildman–Crippen MR) is 91.1 cm³/mol. The lowest BCUT2D eigenvalue weighted by molar-refractivity contribution is 0.102. The maximum Gasteiger partial charge on any atom is 0.173 e. The Morgan fingerprint density at radius 2 is 1.86 bits per heavy atom. The lowest BCUT2D eigenvalue weighted by Gasteiger charge is -2.16. The third-order valence-corrected chi connectivity index (χ3v) is 5.15. The summed E-state index contributed by atoms with van der Waals surface area (Å²) in [6.07, 6.45) is 4.76. The highest BCUT2D eigenvalue weighted by atomic mass is 32.2. The quantitative estimate of drug-likeness (QED) is 0.598. The second-order valence-electron chi connectivity index (χ2n) is 5.55. The molecule has 0 N–H and O–H groups in total. The van der Waals surface area contributed by atoms with Crippen LogP contribution in [0.3, 0.4) is 0 Å². The average Bonchev–Trinajstić information content (AvgIpc) is 2.59. The number of aryl methyl sites for hydroxylation is 2. The normalized spacial score (nSPS) is 13.5. The third kappa shape index (κ3) is 3.36. The fourth-order valence-corrected chi connectivity index (χ4v) is 3.79. The molecule has 1 aliphatic rings. The summed E-state index contributed by atoms with van der Waals surface area (Å²) in [6.45, 7) is 0. The first-order chi connectivity index (χ1) is 10.8. The van der Waals surface area contributed by atoms with E-state index in [4.69, 9.17) is 4.74 Å². The zero-order valence-corrected chi connectivity index (χ0v) is 13.6. The van der Waals surface area contributed by atoms with Gasteiger partial charge in [-0.3, -0.25) is 4.79 Å². The van der Waals surface area contributed by atoms with Crippen molar-refractivity contribution in [1.29, 1.82) is 0 Å². The van der Waals surface area contributed by atoms with Gasteiger partial charge in [-0.05, 0) is 55.0 Å². The fourth-order valence-electron chi connectivity index (χ4n) is 2.87. The summed E-state index contributed by atoms with van der Waals surface area (Å²) in [4.78, 5) is 13.5. The van der Waals surface area contributed by atoms with Crippen molar-refractivity contribution in [1.82, 2.24) is 0 Å². The molecule has 0 aromatic heterocycles. The van der Waals surface area contributed by atoms with Crippen LogP contribution in [0.15, 0.2) is 47.4 Å². The second kappa shape index (κ2) is 7.01. The molecule has 114 valence electrons. The molecule has 0 unspecified atom stereocenters. The largest absolute Gasteiger partial charge is 0.496 e. The minimum atomic E-state index is 0.185. The van der Waals surface area contributed by atoms with Crippen molar-refractivity contribution in [3.63, 3.8) is 0 Å². The predicted octanol–water partition coefficient (Wildman–Crippen LogP) is 4.55. The molecule has 0 fully saturated rings. The molecular formula is C19H20O2S. The number of ether oxygens (including phenoxy) is 1. The summed E-state index contributed by atoms with van der Waals surface area (Å²) in [5.74, 6) is 1.45. The van der Waals surface area contributed by atoms with Gasteiger partial charge in [0.15, 0.2) is 5.78 Å². The summed E-state index contributed by atoms with van der Waals surface area (Å²) in [6, 6.07) is 14.0. The highest BCUT2D eigenvalue weighted by Gasteiger charge is 2.13. The van der Waals surface area contributed by atoms with Crippen LogP contribution in [0.1, 0.15) is 34.3 Å². The van der Waals surface area contributed by atoms with Gasteiger partial charge in [0.2, 0.25) is 0 Å². The molecule has 0 amide bonds. The van der Waals surface area contributed by atoms with Crippen LogP contribution in [0, 0.1) is 0 Å². The van der Waals surface area contributed by atoms with E-state index in [-0.39, 0.29) is 5.78 Å².